The Morgan fingerprint density at radius 3 is 3.11 bits per heavy atom. The summed E-state index contributed by atoms with van der Waals surface area (Å²) in [5.41, 5.74) is 0. The summed E-state index contributed by atoms with van der Waals surface area (Å²) in [7, 11) is 1.93. The van der Waals surface area contributed by atoms with Gasteiger partial charge in [-0.2, -0.15) is 0 Å². The SMILES string of the molecule is Cn1ccn2cnnc12. The Morgan fingerprint density at radius 2 is 2.33 bits per heavy atom. The quantitative estimate of drug-likeness (QED) is 0.495. The molecule has 0 atom stereocenters. The van der Waals surface area contributed by atoms with Crippen LogP contribution in [0.4, 0.5) is 0 Å². The van der Waals surface area contributed by atoms with Crippen LogP contribution in [0.3, 0.4) is 0 Å². The first-order valence-electron chi connectivity index (χ1n) is 2.68. The minimum absolute atomic E-state index is 0.870. The van der Waals surface area contributed by atoms with Crippen LogP contribution in [0.15, 0.2) is 18.7 Å². The van der Waals surface area contributed by atoms with E-state index in [-0.39, 0.29) is 0 Å². The Hall–Kier alpha value is -1.32. The molecule has 9 heavy (non-hydrogen) atoms. The molecule has 0 bridgehead atoms. The van der Waals surface area contributed by atoms with Crippen LogP contribution in [-0.2, 0) is 7.05 Å². The molecule has 0 unspecified atom stereocenters. The van der Waals surface area contributed by atoms with Gasteiger partial charge in [0, 0.05) is 19.4 Å². The average molecular weight is 122 g/mol. The van der Waals surface area contributed by atoms with Crippen LogP contribution in [0, 0.1) is 0 Å². The fourth-order valence-corrected chi connectivity index (χ4v) is 0.833. The Kier molecular flexibility index (Phi) is 0.677. The van der Waals surface area contributed by atoms with Crippen molar-refractivity contribution in [2.45, 2.75) is 0 Å². The number of rotatable bonds is 0. The number of aromatic nitrogens is 4. The third kappa shape index (κ3) is 0.468. The lowest BCUT2D eigenvalue weighted by Crippen LogP contribution is -1.85. The highest BCUT2D eigenvalue weighted by Crippen LogP contribution is 1.95. The molecule has 0 aliphatic carbocycles. The van der Waals surface area contributed by atoms with E-state index in [0.29, 0.717) is 0 Å². The lowest BCUT2D eigenvalue weighted by atomic mass is 10.9. The second-order valence-corrected chi connectivity index (χ2v) is 1.95. The molecular weight excluding hydrogens is 116 g/mol. The maximum absolute atomic E-state index is 3.85. The molecule has 0 amide bonds. The van der Waals surface area contributed by atoms with Gasteiger partial charge in [-0.1, -0.05) is 0 Å². The van der Waals surface area contributed by atoms with Gasteiger partial charge >= 0.3 is 0 Å². The highest BCUT2D eigenvalue weighted by Gasteiger charge is 1.94. The molecule has 0 N–H and O–H groups in total. The summed E-state index contributed by atoms with van der Waals surface area (Å²) in [4.78, 5) is 0. The first-order valence-corrected chi connectivity index (χ1v) is 2.68. The molecule has 0 aliphatic heterocycles. The standard InChI is InChI=1S/C5H6N4/c1-8-2-3-9-4-6-7-5(8)9/h2-4H,1H3. The summed E-state index contributed by atoms with van der Waals surface area (Å²) in [6.07, 6.45) is 5.52. The average Bonchev–Trinajstić information content (AvgIpc) is 2.35. The van der Waals surface area contributed by atoms with Crippen LogP contribution in [0.25, 0.3) is 5.78 Å². The van der Waals surface area contributed by atoms with Crippen molar-refractivity contribution in [2.75, 3.05) is 0 Å². The minimum Gasteiger partial charge on any atom is -0.319 e. The van der Waals surface area contributed by atoms with Gasteiger partial charge in [-0.05, 0) is 0 Å². The number of imidazole rings is 1. The number of fused-ring (bicyclic) bond motifs is 1. The summed E-state index contributed by atoms with van der Waals surface area (Å²) in [6.45, 7) is 0. The summed E-state index contributed by atoms with van der Waals surface area (Å²) < 4.78 is 3.77. The van der Waals surface area contributed by atoms with Gasteiger partial charge in [0.15, 0.2) is 0 Å². The maximum atomic E-state index is 3.85. The van der Waals surface area contributed by atoms with E-state index in [1.54, 1.807) is 6.33 Å². The van der Waals surface area contributed by atoms with Crippen molar-refractivity contribution in [2.24, 2.45) is 7.05 Å². The van der Waals surface area contributed by atoms with Gasteiger partial charge in [-0.3, -0.25) is 4.40 Å². The molecular formula is C5H6N4. The molecule has 46 valence electrons. The monoisotopic (exact) mass is 122 g/mol. The molecule has 2 aromatic heterocycles. The van der Waals surface area contributed by atoms with Gasteiger partial charge in [0.25, 0.3) is 0 Å². The van der Waals surface area contributed by atoms with E-state index in [1.807, 2.05) is 28.4 Å². The Bertz CT molecular complexity index is 318. The Labute approximate surface area is 51.7 Å². The highest BCUT2D eigenvalue weighted by molar-refractivity contribution is 5.26. The molecule has 2 aromatic rings. The Balaban J connectivity index is 2.99. The summed E-state index contributed by atoms with van der Waals surface area (Å²) >= 11 is 0. The molecule has 0 aromatic carbocycles. The zero-order valence-electron chi connectivity index (χ0n) is 5.02. The zero-order chi connectivity index (χ0) is 6.27. The van der Waals surface area contributed by atoms with E-state index >= 15 is 0 Å². The van der Waals surface area contributed by atoms with Crippen LogP contribution < -0.4 is 0 Å². The van der Waals surface area contributed by atoms with Gasteiger partial charge < -0.3 is 4.57 Å². The lowest BCUT2D eigenvalue weighted by molar-refractivity contribution is 0.923. The lowest BCUT2D eigenvalue weighted by Gasteiger charge is -1.83. The third-order valence-electron chi connectivity index (χ3n) is 1.32. The fraction of sp³-hybridized carbons (Fsp3) is 0.200. The minimum atomic E-state index is 0.870. The maximum Gasteiger partial charge on any atom is 0.235 e. The molecule has 2 rings (SSSR count). The van der Waals surface area contributed by atoms with E-state index in [1.165, 1.54) is 0 Å². The summed E-state index contributed by atoms with van der Waals surface area (Å²) in [5, 5.41) is 7.57. The Morgan fingerprint density at radius 1 is 1.44 bits per heavy atom. The van der Waals surface area contributed by atoms with Crippen molar-refractivity contribution in [3.8, 4) is 0 Å². The highest BCUT2D eigenvalue weighted by atomic mass is 15.3. The number of hydrogen-bond donors (Lipinski definition) is 0. The molecule has 0 radical (unpaired) electrons. The van der Waals surface area contributed by atoms with Gasteiger partial charge in [-0.25, -0.2) is 0 Å². The van der Waals surface area contributed by atoms with Crippen LogP contribution in [0.1, 0.15) is 0 Å². The van der Waals surface area contributed by atoms with Gasteiger partial charge in [0.05, 0.1) is 0 Å². The van der Waals surface area contributed by atoms with Crippen molar-refractivity contribution in [1.82, 2.24) is 19.2 Å². The van der Waals surface area contributed by atoms with Crippen molar-refractivity contribution < 1.29 is 0 Å². The molecule has 2 heterocycles. The van der Waals surface area contributed by atoms with Crippen molar-refractivity contribution >= 4 is 5.78 Å². The number of nitrogens with zero attached hydrogens (tertiary/aromatic N) is 4. The molecule has 4 heteroatoms. The van der Waals surface area contributed by atoms with Crippen LogP contribution in [0.2, 0.25) is 0 Å². The predicted molar refractivity (Wildman–Crippen MR) is 32.0 cm³/mol. The second-order valence-electron chi connectivity index (χ2n) is 1.95. The van der Waals surface area contributed by atoms with Crippen molar-refractivity contribution in [3.63, 3.8) is 0 Å². The molecule has 0 fully saturated rings. The fourth-order valence-electron chi connectivity index (χ4n) is 0.833. The zero-order valence-corrected chi connectivity index (χ0v) is 5.02. The smallest absolute Gasteiger partial charge is 0.235 e. The first kappa shape index (κ1) is 4.55. The van der Waals surface area contributed by atoms with Gasteiger partial charge in [-0.15, -0.1) is 10.2 Å². The van der Waals surface area contributed by atoms with E-state index < -0.39 is 0 Å². The van der Waals surface area contributed by atoms with Crippen LogP contribution in [0.5, 0.6) is 0 Å². The van der Waals surface area contributed by atoms with Gasteiger partial charge in [0.1, 0.15) is 6.33 Å². The molecule has 4 nitrogen and oxygen atoms in total. The third-order valence-corrected chi connectivity index (χ3v) is 1.32. The second kappa shape index (κ2) is 1.34. The molecule has 0 aliphatic rings. The first-order chi connectivity index (χ1) is 4.38. The molecule has 0 spiro atoms. The van der Waals surface area contributed by atoms with E-state index in [4.69, 9.17) is 0 Å². The topological polar surface area (TPSA) is 35.1 Å². The van der Waals surface area contributed by atoms with Crippen molar-refractivity contribution in [3.05, 3.63) is 18.7 Å². The van der Waals surface area contributed by atoms with Crippen LogP contribution in [-0.4, -0.2) is 19.2 Å². The largest absolute Gasteiger partial charge is 0.319 e. The normalized spacial score (nSPS) is 10.8. The molecule has 0 saturated carbocycles. The summed E-state index contributed by atoms with van der Waals surface area (Å²) in [5.74, 6) is 0.870. The number of hydrogen-bond acceptors (Lipinski definition) is 2. The van der Waals surface area contributed by atoms with Crippen molar-refractivity contribution in [1.29, 1.82) is 0 Å². The van der Waals surface area contributed by atoms with Crippen LogP contribution >= 0.6 is 0 Å². The van der Waals surface area contributed by atoms with E-state index in [9.17, 15) is 0 Å². The summed E-state index contributed by atoms with van der Waals surface area (Å²) in [6, 6.07) is 0. The van der Waals surface area contributed by atoms with E-state index in [0.717, 1.165) is 5.78 Å². The number of aryl methyl sites for hydroxylation is 1. The molecule has 0 saturated heterocycles. The van der Waals surface area contributed by atoms with E-state index in [2.05, 4.69) is 10.2 Å². The van der Waals surface area contributed by atoms with Gasteiger partial charge in [0.2, 0.25) is 5.78 Å². The predicted octanol–water partition coefficient (Wildman–Crippen LogP) is 0.0678.